The predicted molar refractivity (Wildman–Crippen MR) is 70.3 cm³/mol. The monoisotopic (exact) mass is 249 g/mol. The lowest BCUT2D eigenvalue weighted by Gasteiger charge is -2.22. The summed E-state index contributed by atoms with van der Waals surface area (Å²) in [5, 5.41) is 0. The maximum Gasteiger partial charge on any atom is 0.136 e. The summed E-state index contributed by atoms with van der Waals surface area (Å²) >= 11 is 0. The molecule has 3 rings (SSSR count). The van der Waals surface area contributed by atoms with E-state index in [0.29, 0.717) is 0 Å². The molecule has 90 valence electrons. The van der Waals surface area contributed by atoms with E-state index in [1.165, 1.54) is 37.7 Å². The Morgan fingerprint density at radius 1 is 0.882 bits per heavy atom. The Hall–Kier alpha value is -1.15. The Morgan fingerprint density at radius 2 is 1.41 bits per heavy atom. The van der Waals surface area contributed by atoms with Crippen LogP contribution in [0.25, 0.3) is 0 Å². The Bertz CT molecular complexity index is 405. The number of hydrogen-bond donors (Lipinski definition) is 0. The first-order valence-corrected chi connectivity index (χ1v) is 8.66. The second-order valence-electron chi connectivity index (χ2n) is 4.93. The number of imidazole rings is 2. The minimum atomic E-state index is -0.878. The smallest absolute Gasteiger partial charge is 0.136 e. The van der Waals surface area contributed by atoms with Crippen LogP contribution in [0.4, 0.5) is 0 Å². The van der Waals surface area contributed by atoms with Crippen LogP contribution >= 0.6 is 7.26 Å². The number of nitrogens with zero attached hydrogens (tertiary/aromatic N) is 4. The molecule has 5 heteroatoms. The van der Waals surface area contributed by atoms with Gasteiger partial charge in [-0.05, 0) is 12.8 Å². The van der Waals surface area contributed by atoms with Gasteiger partial charge in [0.05, 0.1) is 32.2 Å². The third kappa shape index (κ3) is 2.42. The predicted octanol–water partition coefficient (Wildman–Crippen LogP) is 2.51. The summed E-state index contributed by atoms with van der Waals surface area (Å²) in [6.07, 6.45) is 19.9. The molecule has 2 aromatic rings. The second-order valence-corrected chi connectivity index (χ2v) is 9.08. The summed E-state index contributed by atoms with van der Waals surface area (Å²) in [6, 6.07) is 0. The van der Waals surface area contributed by atoms with Crippen LogP contribution in [0, 0.1) is 0 Å². The molecule has 17 heavy (non-hydrogen) atoms. The molecule has 1 fully saturated rings. The molecule has 1 saturated heterocycles. The van der Waals surface area contributed by atoms with Crippen LogP contribution in [0.5, 0.6) is 0 Å². The van der Waals surface area contributed by atoms with Gasteiger partial charge in [-0.25, -0.2) is 9.97 Å². The molecule has 1 aliphatic rings. The molecule has 0 aliphatic carbocycles. The van der Waals surface area contributed by atoms with E-state index >= 15 is 0 Å². The molecule has 0 N–H and O–H groups in total. The van der Waals surface area contributed by atoms with Gasteiger partial charge in [0, 0.05) is 24.8 Å². The minimum absolute atomic E-state index is 0.878. The quantitative estimate of drug-likeness (QED) is 0.780. The second kappa shape index (κ2) is 4.61. The summed E-state index contributed by atoms with van der Waals surface area (Å²) in [5.74, 6) is 0. The van der Waals surface area contributed by atoms with Gasteiger partial charge in [0.15, 0.2) is 0 Å². The molecule has 0 spiro atoms. The SMILES string of the molecule is c1cn(C[P+]2(Cn3ccnc3)CCCC2)cn1. The van der Waals surface area contributed by atoms with Crippen molar-refractivity contribution in [2.45, 2.75) is 25.4 Å². The van der Waals surface area contributed by atoms with Crippen molar-refractivity contribution in [3.63, 3.8) is 0 Å². The van der Waals surface area contributed by atoms with Gasteiger partial charge < -0.3 is 9.13 Å². The molecule has 4 nitrogen and oxygen atoms in total. The Morgan fingerprint density at radius 3 is 1.82 bits per heavy atom. The first kappa shape index (κ1) is 11.0. The molecule has 0 unspecified atom stereocenters. The van der Waals surface area contributed by atoms with Crippen molar-refractivity contribution in [2.24, 2.45) is 0 Å². The van der Waals surface area contributed by atoms with E-state index < -0.39 is 7.26 Å². The average molecular weight is 249 g/mol. The highest BCUT2D eigenvalue weighted by molar-refractivity contribution is 7.74. The number of rotatable bonds is 4. The maximum atomic E-state index is 4.15. The van der Waals surface area contributed by atoms with E-state index in [1.54, 1.807) is 0 Å². The standard InChI is InChI=1S/C12H18N4P/c1-2-8-17(7-1,11-15-5-3-13-9-15)12-16-6-4-14-10-16/h3-6,9-10H,1-2,7-8,11-12H2/q+1. The molecule has 3 heterocycles. The third-order valence-electron chi connectivity index (χ3n) is 3.56. The van der Waals surface area contributed by atoms with Gasteiger partial charge in [0.25, 0.3) is 0 Å². The van der Waals surface area contributed by atoms with Crippen LogP contribution in [0.1, 0.15) is 12.8 Å². The van der Waals surface area contributed by atoms with Gasteiger partial charge >= 0.3 is 0 Å². The van der Waals surface area contributed by atoms with Crippen LogP contribution in [-0.2, 0) is 12.6 Å². The fourth-order valence-electron chi connectivity index (χ4n) is 2.77. The summed E-state index contributed by atoms with van der Waals surface area (Å²) in [6.45, 7) is 0. The van der Waals surface area contributed by atoms with Crippen molar-refractivity contribution in [3.05, 3.63) is 37.4 Å². The Kier molecular flexibility index (Phi) is 2.98. The maximum absolute atomic E-state index is 4.15. The van der Waals surface area contributed by atoms with Gasteiger partial charge in [-0.15, -0.1) is 0 Å². The molecule has 0 radical (unpaired) electrons. The van der Waals surface area contributed by atoms with Gasteiger partial charge in [-0.1, -0.05) is 0 Å². The van der Waals surface area contributed by atoms with E-state index in [1.807, 2.05) is 25.0 Å². The molecule has 0 saturated carbocycles. The lowest BCUT2D eigenvalue weighted by atomic mass is 10.4. The summed E-state index contributed by atoms with van der Waals surface area (Å²) in [5.41, 5.74) is 0. The minimum Gasteiger partial charge on any atom is -0.304 e. The van der Waals surface area contributed by atoms with Gasteiger partial charge in [-0.2, -0.15) is 0 Å². The zero-order chi connectivity index (χ0) is 11.6. The fraction of sp³-hybridized carbons (Fsp3) is 0.500. The van der Waals surface area contributed by atoms with Crippen LogP contribution < -0.4 is 0 Å². The highest BCUT2D eigenvalue weighted by atomic mass is 31.2. The fourth-order valence-corrected chi connectivity index (χ4v) is 7.16. The lowest BCUT2D eigenvalue weighted by molar-refractivity contribution is 0.817. The largest absolute Gasteiger partial charge is 0.304 e. The van der Waals surface area contributed by atoms with Crippen molar-refractivity contribution >= 4 is 7.26 Å². The third-order valence-corrected chi connectivity index (χ3v) is 7.94. The Balaban J connectivity index is 1.78. The van der Waals surface area contributed by atoms with E-state index in [9.17, 15) is 0 Å². The van der Waals surface area contributed by atoms with E-state index in [4.69, 9.17) is 0 Å². The van der Waals surface area contributed by atoms with Crippen LogP contribution in [0.2, 0.25) is 0 Å². The van der Waals surface area contributed by atoms with Gasteiger partial charge in [0.1, 0.15) is 12.6 Å². The molecule has 0 aromatic carbocycles. The van der Waals surface area contributed by atoms with Gasteiger partial charge in [0.2, 0.25) is 0 Å². The average Bonchev–Trinajstić information content (AvgIpc) is 3.01. The van der Waals surface area contributed by atoms with Crippen LogP contribution in [0.3, 0.4) is 0 Å². The first-order valence-electron chi connectivity index (χ1n) is 6.13. The molecule has 0 amide bonds. The summed E-state index contributed by atoms with van der Waals surface area (Å²) in [4.78, 5) is 8.31. The van der Waals surface area contributed by atoms with Crippen LogP contribution in [-0.4, -0.2) is 31.4 Å². The highest BCUT2D eigenvalue weighted by Gasteiger charge is 2.41. The van der Waals surface area contributed by atoms with Crippen molar-refractivity contribution in [2.75, 3.05) is 12.3 Å². The van der Waals surface area contributed by atoms with E-state index in [-0.39, 0.29) is 0 Å². The molecular weight excluding hydrogens is 231 g/mol. The number of hydrogen-bond acceptors (Lipinski definition) is 2. The van der Waals surface area contributed by atoms with Crippen molar-refractivity contribution in [1.29, 1.82) is 0 Å². The van der Waals surface area contributed by atoms with Crippen molar-refractivity contribution < 1.29 is 0 Å². The number of aromatic nitrogens is 4. The summed E-state index contributed by atoms with van der Waals surface area (Å²) < 4.78 is 4.52. The summed E-state index contributed by atoms with van der Waals surface area (Å²) in [7, 11) is -0.878. The lowest BCUT2D eigenvalue weighted by Crippen LogP contribution is -2.11. The van der Waals surface area contributed by atoms with E-state index in [2.05, 4.69) is 31.5 Å². The molecule has 2 aromatic heterocycles. The Labute approximate surface area is 102 Å². The highest BCUT2D eigenvalue weighted by Crippen LogP contribution is 2.66. The molecular formula is C12H18N4P+. The molecule has 1 aliphatic heterocycles. The van der Waals surface area contributed by atoms with E-state index in [0.717, 1.165) is 0 Å². The zero-order valence-corrected chi connectivity index (χ0v) is 10.8. The van der Waals surface area contributed by atoms with Crippen molar-refractivity contribution in [1.82, 2.24) is 19.1 Å². The van der Waals surface area contributed by atoms with Gasteiger partial charge in [-0.3, -0.25) is 0 Å². The molecule has 0 bridgehead atoms. The first-order chi connectivity index (χ1) is 8.36. The zero-order valence-electron chi connectivity index (χ0n) is 9.94. The van der Waals surface area contributed by atoms with Crippen LogP contribution in [0.15, 0.2) is 37.4 Å². The topological polar surface area (TPSA) is 35.6 Å². The molecule has 0 atom stereocenters. The van der Waals surface area contributed by atoms with Crippen molar-refractivity contribution in [3.8, 4) is 0 Å². The normalized spacial score (nSPS) is 18.6.